The van der Waals surface area contributed by atoms with E-state index in [0.29, 0.717) is 23.7 Å². The molecular formula is C19H26N4O3S. The van der Waals surface area contributed by atoms with E-state index in [2.05, 4.69) is 16.1 Å². The number of rotatable bonds is 5. The summed E-state index contributed by atoms with van der Waals surface area (Å²) in [5, 5.41) is 4.32. The van der Waals surface area contributed by atoms with Crippen molar-refractivity contribution in [2.45, 2.75) is 31.2 Å². The van der Waals surface area contributed by atoms with Crippen molar-refractivity contribution in [2.75, 3.05) is 43.7 Å². The Kier molecular flexibility index (Phi) is 4.96. The van der Waals surface area contributed by atoms with Gasteiger partial charge in [0.25, 0.3) is 10.0 Å². The summed E-state index contributed by atoms with van der Waals surface area (Å²) in [6, 6.07) is 7.85. The number of aromatic nitrogens is 2. The maximum Gasteiger partial charge on any atom is 0.267 e. The summed E-state index contributed by atoms with van der Waals surface area (Å²) in [7, 11) is -3.64. The number of hydrogen-bond donors (Lipinski definition) is 0. The number of fused-ring (bicyclic) bond motifs is 1. The Balaban J connectivity index is 1.66. The summed E-state index contributed by atoms with van der Waals surface area (Å²) >= 11 is 0. The molecule has 2 aliphatic heterocycles. The summed E-state index contributed by atoms with van der Waals surface area (Å²) in [5.41, 5.74) is 2.44. The summed E-state index contributed by atoms with van der Waals surface area (Å²) < 4.78 is 35.5. The third kappa shape index (κ3) is 3.37. The largest absolute Gasteiger partial charge is 0.379 e. The first-order valence-corrected chi connectivity index (χ1v) is 10.9. The van der Waals surface area contributed by atoms with Crippen molar-refractivity contribution >= 4 is 15.7 Å². The van der Waals surface area contributed by atoms with Crippen molar-refractivity contribution < 1.29 is 13.2 Å². The van der Waals surface area contributed by atoms with Gasteiger partial charge in [-0.3, -0.25) is 13.9 Å². The number of nitrogens with zero attached hydrogens (tertiary/aromatic N) is 4. The van der Waals surface area contributed by atoms with Crippen molar-refractivity contribution in [2.24, 2.45) is 0 Å². The number of morpholine rings is 1. The average Bonchev–Trinajstić information content (AvgIpc) is 3.24. The molecule has 7 nitrogen and oxygen atoms in total. The Morgan fingerprint density at radius 2 is 1.96 bits per heavy atom. The number of sulfonamides is 1. The first-order chi connectivity index (χ1) is 13.0. The minimum Gasteiger partial charge on any atom is -0.379 e. The highest BCUT2D eigenvalue weighted by Gasteiger charge is 2.38. The minimum atomic E-state index is -3.64. The molecule has 0 unspecified atom stereocenters. The first-order valence-electron chi connectivity index (χ1n) is 9.46. The van der Waals surface area contributed by atoms with Gasteiger partial charge in [0.15, 0.2) is 0 Å². The van der Waals surface area contributed by atoms with Crippen LogP contribution in [0.4, 0.5) is 5.69 Å². The lowest BCUT2D eigenvalue weighted by Gasteiger charge is -2.29. The molecule has 27 heavy (non-hydrogen) atoms. The van der Waals surface area contributed by atoms with Crippen LogP contribution in [0.5, 0.6) is 0 Å². The van der Waals surface area contributed by atoms with Crippen LogP contribution in [0.15, 0.2) is 35.4 Å². The first kappa shape index (κ1) is 18.5. The quantitative estimate of drug-likeness (QED) is 0.779. The molecule has 3 heterocycles. The summed E-state index contributed by atoms with van der Waals surface area (Å²) in [6.45, 7) is 8.94. The average molecular weight is 391 g/mol. The summed E-state index contributed by atoms with van der Waals surface area (Å²) in [6.07, 6.45) is 1.64. The van der Waals surface area contributed by atoms with E-state index >= 15 is 0 Å². The standard InChI is InChI=1S/C19H26N4O3S/c1-3-22-14-19(15(2)20-22)27(24,25)23-13-16(12-21-8-10-26-11-9-21)17-6-4-5-7-18(17)23/h4-7,14,16H,3,8-13H2,1-2H3/t16-/m0/s1. The van der Waals surface area contributed by atoms with Gasteiger partial charge in [-0.15, -0.1) is 0 Å². The Labute approximate surface area is 160 Å². The Hall–Kier alpha value is -1.90. The van der Waals surface area contributed by atoms with E-state index in [0.717, 1.165) is 44.1 Å². The molecule has 0 saturated carbocycles. The van der Waals surface area contributed by atoms with Gasteiger partial charge in [-0.1, -0.05) is 18.2 Å². The van der Waals surface area contributed by atoms with E-state index in [9.17, 15) is 8.42 Å². The molecule has 1 saturated heterocycles. The van der Waals surface area contributed by atoms with Crippen molar-refractivity contribution in [3.63, 3.8) is 0 Å². The zero-order valence-corrected chi connectivity index (χ0v) is 16.7. The maximum atomic E-state index is 13.4. The fourth-order valence-electron chi connectivity index (χ4n) is 3.97. The lowest BCUT2D eigenvalue weighted by molar-refractivity contribution is 0.0357. The van der Waals surface area contributed by atoms with E-state index in [1.54, 1.807) is 22.1 Å². The molecule has 1 aromatic heterocycles. The van der Waals surface area contributed by atoms with E-state index in [1.807, 2.05) is 25.1 Å². The van der Waals surface area contributed by atoms with E-state index in [4.69, 9.17) is 4.74 Å². The molecule has 0 bridgehead atoms. The molecule has 0 N–H and O–H groups in total. The van der Waals surface area contributed by atoms with Crippen LogP contribution in [0.1, 0.15) is 24.1 Å². The van der Waals surface area contributed by atoms with Crippen molar-refractivity contribution in [3.8, 4) is 0 Å². The Morgan fingerprint density at radius 1 is 1.22 bits per heavy atom. The molecule has 4 rings (SSSR count). The number of hydrogen-bond acceptors (Lipinski definition) is 5. The second kappa shape index (κ2) is 7.26. The zero-order chi connectivity index (χ0) is 19.0. The summed E-state index contributed by atoms with van der Waals surface area (Å²) in [5.74, 6) is 0.163. The van der Waals surface area contributed by atoms with Crippen LogP contribution in [-0.4, -0.2) is 62.5 Å². The van der Waals surface area contributed by atoms with E-state index < -0.39 is 10.0 Å². The van der Waals surface area contributed by atoms with Gasteiger partial charge < -0.3 is 4.74 Å². The van der Waals surface area contributed by atoms with Crippen molar-refractivity contribution in [3.05, 3.63) is 41.7 Å². The monoisotopic (exact) mass is 390 g/mol. The highest BCUT2D eigenvalue weighted by Crippen LogP contribution is 2.40. The predicted molar refractivity (Wildman–Crippen MR) is 104 cm³/mol. The zero-order valence-electron chi connectivity index (χ0n) is 15.8. The third-order valence-electron chi connectivity index (χ3n) is 5.41. The number of anilines is 1. The fourth-order valence-corrected chi connectivity index (χ4v) is 5.68. The second-order valence-electron chi connectivity index (χ2n) is 7.14. The van der Waals surface area contributed by atoms with Crippen LogP contribution in [0.2, 0.25) is 0 Å². The molecule has 0 aliphatic carbocycles. The molecule has 0 amide bonds. The molecule has 8 heteroatoms. The van der Waals surface area contributed by atoms with Crippen molar-refractivity contribution in [1.82, 2.24) is 14.7 Å². The van der Waals surface area contributed by atoms with Crippen LogP contribution < -0.4 is 4.31 Å². The molecule has 0 radical (unpaired) electrons. The molecule has 1 fully saturated rings. The fraction of sp³-hybridized carbons (Fsp3) is 0.526. The highest BCUT2D eigenvalue weighted by molar-refractivity contribution is 7.93. The van der Waals surface area contributed by atoms with E-state index in [-0.39, 0.29) is 5.92 Å². The number of benzene rings is 1. The lowest BCUT2D eigenvalue weighted by atomic mass is 10.0. The molecule has 146 valence electrons. The van der Waals surface area contributed by atoms with Gasteiger partial charge in [-0.05, 0) is 25.5 Å². The SMILES string of the molecule is CCn1cc(S(=O)(=O)N2C[C@H](CN3CCOCC3)c3ccccc32)c(C)n1. The van der Waals surface area contributed by atoms with Crippen LogP contribution >= 0.6 is 0 Å². The molecule has 0 spiro atoms. The lowest BCUT2D eigenvalue weighted by Crippen LogP contribution is -2.40. The van der Waals surface area contributed by atoms with Gasteiger partial charge in [0.1, 0.15) is 4.90 Å². The Bertz CT molecular complexity index is 919. The summed E-state index contributed by atoms with van der Waals surface area (Å²) in [4.78, 5) is 2.66. The molecule has 1 atom stereocenters. The number of para-hydroxylation sites is 1. The van der Waals surface area contributed by atoms with Gasteiger partial charge in [0, 0.05) is 44.8 Å². The minimum absolute atomic E-state index is 0.163. The molecule has 2 aliphatic rings. The second-order valence-corrected chi connectivity index (χ2v) is 8.97. The van der Waals surface area contributed by atoms with Gasteiger partial charge in [-0.2, -0.15) is 5.10 Å². The molecular weight excluding hydrogens is 364 g/mol. The van der Waals surface area contributed by atoms with Crippen LogP contribution in [0.3, 0.4) is 0 Å². The normalized spacial score (nSPS) is 20.8. The van der Waals surface area contributed by atoms with E-state index in [1.165, 1.54) is 0 Å². The topological polar surface area (TPSA) is 67.7 Å². The van der Waals surface area contributed by atoms with Gasteiger partial charge in [0.2, 0.25) is 0 Å². The smallest absolute Gasteiger partial charge is 0.267 e. The van der Waals surface area contributed by atoms with Crippen LogP contribution in [-0.2, 0) is 21.3 Å². The third-order valence-corrected chi connectivity index (χ3v) is 7.29. The van der Waals surface area contributed by atoms with Crippen LogP contribution in [0.25, 0.3) is 0 Å². The highest BCUT2D eigenvalue weighted by atomic mass is 32.2. The maximum absolute atomic E-state index is 13.4. The van der Waals surface area contributed by atoms with Gasteiger partial charge in [-0.25, -0.2) is 8.42 Å². The molecule has 2 aromatic rings. The van der Waals surface area contributed by atoms with Crippen LogP contribution in [0, 0.1) is 6.92 Å². The predicted octanol–water partition coefficient (Wildman–Crippen LogP) is 1.84. The Morgan fingerprint density at radius 3 is 2.67 bits per heavy atom. The number of ether oxygens (including phenoxy) is 1. The van der Waals surface area contributed by atoms with Crippen molar-refractivity contribution in [1.29, 1.82) is 0 Å². The number of aryl methyl sites for hydroxylation is 2. The van der Waals surface area contributed by atoms with Gasteiger partial charge >= 0.3 is 0 Å². The van der Waals surface area contributed by atoms with Gasteiger partial charge in [0.05, 0.1) is 24.6 Å². The molecule has 1 aromatic carbocycles.